The first-order valence-corrected chi connectivity index (χ1v) is 5.92. The van der Waals surface area contributed by atoms with E-state index in [1.54, 1.807) is 13.8 Å². The van der Waals surface area contributed by atoms with Gasteiger partial charge in [0.15, 0.2) is 0 Å². The number of methoxy groups -OCH3 is 1. The molecule has 0 fully saturated rings. The minimum Gasteiger partial charge on any atom is -0.377 e. The molecule has 0 aromatic heterocycles. The second kappa shape index (κ2) is 5.99. The van der Waals surface area contributed by atoms with Crippen LogP contribution in [0.25, 0.3) is 0 Å². The molecular weight excluding hydrogens is 272 g/mol. The number of hydrogen-bond donors (Lipinski definition) is 1. The molecule has 0 aliphatic heterocycles. The molecular formula is C12H15ClN2O4. The maximum Gasteiger partial charge on any atom is 0.282 e. The molecule has 104 valence electrons. The third-order valence-electron chi connectivity index (χ3n) is 2.63. The Kier molecular flexibility index (Phi) is 4.85. The molecule has 1 N–H and O–H groups in total. The zero-order valence-electron chi connectivity index (χ0n) is 10.9. The van der Waals surface area contributed by atoms with Crippen molar-refractivity contribution in [1.29, 1.82) is 0 Å². The Morgan fingerprint density at radius 1 is 1.53 bits per heavy atom. The zero-order chi connectivity index (χ0) is 14.6. The molecule has 1 aromatic rings. The number of nitrogens with zero attached hydrogens (tertiary/aromatic N) is 1. The van der Waals surface area contributed by atoms with Gasteiger partial charge in [0.2, 0.25) is 0 Å². The predicted octanol–water partition coefficient (Wildman–Crippen LogP) is 2.40. The quantitative estimate of drug-likeness (QED) is 0.665. The molecule has 7 heteroatoms. The van der Waals surface area contributed by atoms with Gasteiger partial charge in [-0.3, -0.25) is 14.9 Å². The Labute approximate surface area is 115 Å². The highest BCUT2D eigenvalue weighted by molar-refractivity contribution is 6.31. The first-order valence-electron chi connectivity index (χ1n) is 5.54. The van der Waals surface area contributed by atoms with E-state index >= 15 is 0 Å². The van der Waals surface area contributed by atoms with E-state index in [-0.39, 0.29) is 22.8 Å². The lowest BCUT2D eigenvalue weighted by Gasteiger charge is -2.23. The van der Waals surface area contributed by atoms with Gasteiger partial charge in [-0.15, -0.1) is 0 Å². The minimum atomic E-state index is -0.618. The van der Waals surface area contributed by atoms with E-state index < -0.39 is 16.4 Å². The van der Waals surface area contributed by atoms with Crippen molar-refractivity contribution in [3.63, 3.8) is 0 Å². The second-order valence-corrected chi connectivity index (χ2v) is 5.00. The highest BCUT2D eigenvalue weighted by atomic mass is 35.5. The predicted molar refractivity (Wildman–Crippen MR) is 71.5 cm³/mol. The molecule has 19 heavy (non-hydrogen) atoms. The van der Waals surface area contributed by atoms with Gasteiger partial charge in [0.05, 0.1) is 10.5 Å². The molecule has 0 saturated carbocycles. The molecule has 0 aliphatic rings. The molecule has 0 bridgehead atoms. The first kappa shape index (κ1) is 15.4. The fraction of sp³-hybridized carbons (Fsp3) is 0.417. The lowest BCUT2D eigenvalue weighted by molar-refractivity contribution is -0.385. The number of nitrogens with one attached hydrogen (secondary N) is 1. The number of amides is 1. The fourth-order valence-electron chi connectivity index (χ4n) is 1.31. The van der Waals surface area contributed by atoms with Crippen LogP contribution in [0.1, 0.15) is 24.2 Å². The SMILES string of the molecule is COC(C)(C)CNC(=O)c1cc(Cl)ccc1[N+](=O)[O-]. The van der Waals surface area contributed by atoms with Crippen molar-refractivity contribution in [2.45, 2.75) is 19.4 Å². The molecule has 6 nitrogen and oxygen atoms in total. The van der Waals surface area contributed by atoms with Crippen molar-refractivity contribution < 1.29 is 14.5 Å². The summed E-state index contributed by atoms with van der Waals surface area (Å²) in [6.45, 7) is 3.81. The number of carbonyl (C=O) groups is 1. The lowest BCUT2D eigenvalue weighted by atomic mass is 10.1. The van der Waals surface area contributed by atoms with Crippen molar-refractivity contribution in [1.82, 2.24) is 5.32 Å². The summed E-state index contributed by atoms with van der Waals surface area (Å²) in [7, 11) is 1.52. The summed E-state index contributed by atoms with van der Waals surface area (Å²) in [5.41, 5.74) is -0.898. The molecule has 0 atom stereocenters. The Balaban J connectivity index is 2.93. The van der Waals surface area contributed by atoms with Crippen LogP contribution in [0.4, 0.5) is 5.69 Å². The first-order chi connectivity index (χ1) is 8.76. The number of benzene rings is 1. The number of ether oxygens (including phenoxy) is 1. The topological polar surface area (TPSA) is 81.5 Å². The molecule has 1 aromatic carbocycles. The molecule has 0 unspecified atom stereocenters. The van der Waals surface area contributed by atoms with Gasteiger partial charge in [0.25, 0.3) is 11.6 Å². The van der Waals surface area contributed by atoms with Crippen LogP contribution in [0, 0.1) is 10.1 Å². The third kappa shape index (κ3) is 4.18. The van der Waals surface area contributed by atoms with Crippen molar-refractivity contribution in [3.8, 4) is 0 Å². The smallest absolute Gasteiger partial charge is 0.282 e. The van der Waals surface area contributed by atoms with Crippen LogP contribution in [0.15, 0.2) is 18.2 Å². The summed E-state index contributed by atoms with van der Waals surface area (Å²) in [4.78, 5) is 22.2. The summed E-state index contributed by atoms with van der Waals surface area (Å²) in [6, 6.07) is 3.85. The summed E-state index contributed by atoms with van der Waals surface area (Å²) in [5.74, 6) is -0.556. The lowest BCUT2D eigenvalue weighted by Crippen LogP contribution is -2.39. The van der Waals surface area contributed by atoms with Crippen molar-refractivity contribution in [2.24, 2.45) is 0 Å². The monoisotopic (exact) mass is 286 g/mol. The number of nitro benzene ring substituents is 1. The van der Waals surface area contributed by atoms with Crippen LogP contribution in [-0.4, -0.2) is 30.1 Å². The van der Waals surface area contributed by atoms with Crippen LogP contribution in [0.2, 0.25) is 5.02 Å². The van der Waals surface area contributed by atoms with Gasteiger partial charge in [-0.1, -0.05) is 11.6 Å². The number of carbonyl (C=O) groups excluding carboxylic acids is 1. The van der Waals surface area contributed by atoms with Crippen LogP contribution >= 0.6 is 11.6 Å². The molecule has 1 rings (SSSR count). The second-order valence-electron chi connectivity index (χ2n) is 4.57. The van der Waals surface area contributed by atoms with E-state index in [2.05, 4.69) is 5.32 Å². The van der Waals surface area contributed by atoms with E-state index in [0.717, 1.165) is 0 Å². The molecule has 0 heterocycles. The Morgan fingerprint density at radius 2 is 2.16 bits per heavy atom. The van der Waals surface area contributed by atoms with Crippen molar-refractivity contribution >= 4 is 23.2 Å². The number of hydrogen-bond acceptors (Lipinski definition) is 4. The number of rotatable bonds is 5. The van der Waals surface area contributed by atoms with Crippen LogP contribution < -0.4 is 5.32 Å². The van der Waals surface area contributed by atoms with Crippen molar-refractivity contribution in [3.05, 3.63) is 38.9 Å². The van der Waals surface area contributed by atoms with E-state index in [4.69, 9.17) is 16.3 Å². The average Bonchev–Trinajstić information content (AvgIpc) is 2.35. The number of nitro groups is 1. The highest BCUT2D eigenvalue weighted by Gasteiger charge is 2.23. The normalized spacial score (nSPS) is 11.2. The Morgan fingerprint density at radius 3 is 2.68 bits per heavy atom. The van der Waals surface area contributed by atoms with E-state index in [1.165, 1.54) is 25.3 Å². The molecule has 1 amide bonds. The molecule has 0 saturated heterocycles. The summed E-state index contributed by atoms with van der Waals surface area (Å²) in [5, 5.41) is 13.7. The number of halogens is 1. The van der Waals surface area contributed by atoms with Gasteiger partial charge < -0.3 is 10.1 Å². The van der Waals surface area contributed by atoms with E-state index in [0.29, 0.717) is 0 Å². The minimum absolute atomic E-state index is 0.0654. The molecule has 0 radical (unpaired) electrons. The van der Waals surface area contributed by atoms with Gasteiger partial charge in [-0.05, 0) is 26.0 Å². The van der Waals surface area contributed by atoms with E-state index in [9.17, 15) is 14.9 Å². The maximum absolute atomic E-state index is 12.0. The van der Waals surface area contributed by atoms with Gasteiger partial charge in [-0.25, -0.2) is 0 Å². The fourth-order valence-corrected chi connectivity index (χ4v) is 1.48. The van der Waals surface area contributed by atoms with Crippen LogP contribution in [-0.2, 0) is 4.74 Å². The third-order valence-corrected chi connectivity index (χ3v) is 2.86. The van der Waals surface area contributed by atoms with Gasteiger partial charge in [0, 0.05) is 24.7 Å². The van der Waals surface area contributed by atoms with Crippen LogP contribution in [0.5, 0.6) is 0 Å². The highest BCUT2D eigenvalue weighted by Crippen LogP contribution is 2.22. The largest absolute Gasteiger partial charge is 0.377 e. The van der Waals surface area contributed by atoms with Gasteiger partial charge in [-0.2, -0.15) is 0 Å². The maximum atomic E-state index is 12.0. The Hall–Kier alpha value is -1.66. The summed E-state index contributed by atoms with van der Waals surface area (Å²) < 4.78 is 5.15. The molecule has 0 aliphatic carbocycles. The summed E-state index contributed by atoms with van der Waals surface area (Å²) in [6.07, 6.45) is 0. The standard InChI is InChI=1S/C12H15ClN2O4/c1-12(2,19-3)7-14-11(16)9-6-8(13)4-5-10(9)15(17)18/h4-6H,7H2,1-3H3,(H,14,16). The zero-order valence-corrected chi connectivity index (χ0v) is 11.7. The summed E-state index contributed by atoms with van der Waals surface area (Å²) >= 11 is 5.76. The van der Waals surface area contributed by atoms with Crippen LogP contribution in [0.3, 0.4) is 0 Å². The van der Waals surface area contributed by atoms with Gasteiger partial charge in [0.1, 0.15) is 5.56 Å². The average molecular weight is 287 g/mol. The molecule has 0 spiro atoms. The van der Waals surface area contributed by atoms with Crippen molar-refractivity contribution in [2.75, 3.05) is 13.7 Å². The van der Waals surface area contributed by atoms with Gasteiger partial charge >= 0.3 is 0 Å². The van der Waals surface area contributed by atoms with E-state index in [1.807, 2.05) is 0 Å². The Bertz CT molecular complexity index is 503.